The summed E-state index contributed by atoms with van der Waals surface area (Å²) in [7, 11) is 0. The van der Waals surface area contributed by atoms with E-state index in [1.54, 1.807) is 11.3 Å². The molecule has 1 N–H and O–H groups in total. The van der Waals surface area contributed by atoms with E-state index in [-0.39, 0.29) is 0 Å². The molecule has 0 spiro atoms. The van der Waals surface area contributed by atoms with E-state index in [2.05, 4.69) is 52.9 Å². The van der Waals surface area contributed by atoms with Crippen molar-refractivity contribution in [1.29, 1.82) is 0 Å². The van der Waals surface area contributed by atoms with Gasteiger partial charge in [0.05, 0.1) is 10.7 Å². The Bertz CT molecular complexity index is 450. The fraction of sp³-hybridized carbons (Fsp3) is 0.357. The van der Waals surface area contributed by atoms with Crippen LogP contribution in [0.2, 0.25) is 0 Å². The third-order valence-electron chi connectivity index (χ3n) is 2.68. The fourth-order valence-corrected chi connectivity index (χ4v) is 2.42. The number of nitrogens with one attached hydrogen (secondary N) is 1. The average Bonchev–Trinajstić information content (AvgIpc) is 2.74. The molecule has 0 saturated heterocycles. The molecule has 1 aromatic carbocycles. The summed E-state index contributed by atoms with van der Waals surface area (Å²) in [6.07, 6.45) is 1.06. The summed E-state index contributed by atoms with van der Waals surface area (Å²) in [6, 6.07) is 11.0. The summed E-state index contributed by atoms with van der Waals surface area (Å²) in [6.45, 7) is 5.12. The molecule has 0 saturated carbocycles. The molecule has 3 heteroatoms. The quantitative estimate of drug-likeness (QED) is 0.876. The first kappa shape index (κ1) is 12.3. The molecule has 0 fully saturated rings. The van der Waals surface area contributed by atoms with E-state index in [9.17, 15) is 0 Å². The van der Waals surface area contributed by atoms with Crippen LogP contribution in [0.15, 0.2) is 35.7 Å². The molecule has 0 aliphatic carbocycles. The van der Waals surface area contributed by atoms with Gasteiger partial charge in [-0.2, -0.15) is 0 Å². The van der Waals surface area contributed by atoms with E-state index < -0.39 is 0 Å². The number of hydrogen-bond donors (Lipinski definition) is 1. The van der Waals surface area contributed by atoms with Gasteiger partial charge in [-0.1, -0.05) is 30.3 Å². The van der Waals surface area contributed by atoms with E-state index in [0.717, 1.165) is 23.7 Å². The highest BCUT2D eigenvalue weighted by molar-refractivity contribution is 7.09. The molecule has 17 heavy (non-hydrogen) atoms. The summed E-state index contributed by atoms with van der Waals surface area (Å²) in [5.74, 6) is 0. The minimum atomic E-state index is 0.472. The summed E-state index contributed by atoms with van der Waals surface area (Å²) in [4.78, 5) is 4.45. The number of benzene rings is 1. The highest BCUT2D eigenvalue weighted by atomic mass is 32.1. The second-order valence-electron chi connectivity index (χ2n) is 4.33. The van der Waals surface area contributed by atoms with Crippen molar-refractivity contribution in [2.75, 3.05) is 0 Å². The zero-order valence-electron chi connectivity index (χ0n) is 10.3. The standard InChI is InChI=1S/C14H18N2S/c1-11(8-13-6-4-3-5-7-13)15-9-14-10-17-12(2)16-14/h3-7,10-11,15H,8-9H2,1-2H3. The number of rotatable bonds is 5. The van der Waals surface area contributed by atoms with Crippen molar-refractivity contribution in [3.05, 3.63) is 52.0 Å². The Morgan fingerprint density at radius 2 is 2.06 bits per heavy atom. The van der Waals surface area contributed by atoms with Crippen molar-refractivity contribution in [3.8, 4) is 0 Å². The number of aryl methyl sites for hydroxylation is 1. The highest BCUT2D eigenvalue weighted by Crippen LogP contribution is 2.08. The largest absolute Gasteiger partial charge is 0.308 e. The van der Waals surface area contributed by atoms with Gasteiger partial charge in [0.15, 0.2) is 0 Å². The zero-order valence-corrected chi connectivity index (χ0v) is 11.1. The Hall–Kier alpha value is -1.19. The Labute approximate surface area is 107 Å². The predicted molar refractivity (Wildman–Crippen MR) is 73.3 cm³/mol. The maximum Gasteiger partial charge on any atom is 0.0897 e. The lowest BCUT2D eigenvalue weighted by Gasteiger charge is -2.12. The number of thiazole rings is 1. The number of hydrogen-bond acceptors (Lipinski definition) is 3. The molecule has 0 amide bonds. The molecule has 90 valence electrons. The predicted octanol–water partition coefficient (Wildman–Crippen LogP) is 3.17. The van der Waals surface area contributed by atoms with E-state index in [1.807, 2.05) is 6.92 Å². The van der Waals surface area contributed by atoms with Crippen molar-refractivity contribution in [2.45, 2.75) is 32.9 Å². The van der Waals surface area contributed by atoms with Gasteiger partial charge in [-0.25, -0.2) is 4.98 Å². The molecule has 1 atom stereocenters. The molecule has 1 aromatic heterocycles. The van der Waals surface area contributed by atoms with Crippen LogP contribution in [-0.4, -0.2) is 11.0 Å². The number of aromatic nitrogens is 1. The van der Waals surface area contributed by atoms with Gasteiger partial charge in [0, 0.05) is 18.0 Å². The first-order valence-corrected chi connectivity index (χ1v) is 6.80. The molecule has 0 bridgehead atoms. The summed E-state index contributed by atoms with van der Waals surface area (Å²) >= 11 is 1.71. The lowest BCUT2D eigenvalue weighted by molar-refractivity contribution is 0.541. The van der Waals surface area contributed by atoms with Crippen LogP contribution in [0.3, 0.4) is 0 Å². The lowest BCUT2D eigenvalue weighted by atomic mass is 10.1. The van der Waals surface area contributed by atoms with Gasteiger partial charge in [0.2, 0.25) is 0 Å². The van der Waals surface area contributed by atoms with Gasteiger partial charge in [-0.15, -0.1) is 11.3 Å². The Morgan fingerprint density at radius 3 is 2.71 bits per heavy atom. The molecular weight excluding hydrogens is 228 g/mol. The smallest absolute Gasteiger partial charge is 0.0897 e. The van der Waals surface area contributed by atoms with Crippen molar-refractivity contribution < 1.29 is 0 Å². The van der Waals surface area contributed by atoms with Crippen molar-refractivity contribution in [1.82, 2.24) is 10.3 Å². The van der Waals surface area contributed by atoms with Crippen LogP contribution in [0, 0.1) is 6.92 Å². The molecule has 2 nitrogen and oxygen atoms in total. The van der Waals surface area contributed by atoms with E-state index in [0.29, 0.717) is 6.04 Å². The third-order valence-corrected chi connectivity index (χ3v) is 3.51. The van der Waals surface area contributed by atoms with Crippen LogP contribution in [-0.2, 0) is 13.0 Å². The van der Waals surface area contributed by atoms with Crippen LogP contribution < -0.4 is 5.32 Å². The summed E-state index contributed by atoms with van der Waals surface area (Å²) < 4.78 is 0. The van der Waals surface area contributed by atoms with Gasteiger partial charge in [0.25, 0.3) is 0 Å². The first-order chi connectivity index (χ1) is 8.24. The monoisotopic (exact) mass is 246 g/mol. The summed E-state index contributed by atoms with van der Waals surface area (Å²) in [5, 5.41) is 6.76. The van der Waals surface area contributed by atoms with Gasteiger partial charge in [0.1, 0.15) is 0 Å². The second kappa shape index (κ2) is 5.94. The van der Waals surface area contributed by atoms with Crippen LogP contribution in [0.1, 0.15) is 23.2 Å². The fourth-order valence-electron chi connectivity index (χ4n) is 1.81. The number of nitrogens with zero attached hydrogens (tertiary/aromatic N) is 1. The van der Waals surface area contributed by atoms with Crippen molar-refractivity contribution in [3.63, 3.8) is 0 Å². The van der Waals surface area contributed by atoms with Gasteiger partial charge in [-0.05, 0) is 25.8 Å². The summed E-state index contributed by atoms with van der Waals surface area (Å²) in [5.41, 5.74) is 2.52. The Kier molecular flexibility index (Phi) is 4.29. The Balaban J connectivity index is 1.80. The van der Waals surface area contributed by atoms with E-state index in [4.69, 9.17) is 0 Å². The minimum Gasteiger partial charge on any atom is -0.308 e. The van der Waals surface area contributed by atoms with Crippen molar-refractivity contribution >= 4 is 11.3 Å². The molecule has 2 rings (SSSR count). The van der Waals surface area contributed by atoms with E-state index in [1.165, 1.54) is 5.56 Å². The maximum atomic E-state index is 4.45. The van der Waals surface area contributed by atoms with Crippen LogP contribution >= 0.6 is 11.3 Å². The molecule has 0 aliphatic rings. The Morgan fingerprint density at radius 1 is 1.29 bits per heavy atom. The normalized spacial score (nSPS) is 12.6. The highest BCUT2D eigenvalue weighted by Gasteiger charge is 2.04. The lowest BCUT2D eigenvalue weighted by Crippen LogP contribution is -2.27. The molecular formula is C14H18N2S. The molecule has 1 heterocycles. The molecule has 1 unspecified atom stereocenters. The third kappa shape index (κ3) is 3.95. The topological polar surface area (TPSA) is 24.9 Å². The van der Waals surface area contributed by atoms with Crippen LogP contribution in [0.25, 0.3) is 0 Å². The van der Waals surface area contributed by atoms with Gasteiger partial charge < -0.3 is 5.32 Å². The van der Waals surface area contributed by atoms with Crippen LogP contribution in [0.4, 0.5) is 0 Å². The maximum absolute atomic E-state index is 4.45. The first-order valence-electron chi connectivity index (χ1n) is 5.92. The SMILES string of the molecule is Cc1nc(CNC(C)Cc2ccccc2)cs1. The molecule has 0 radical (unpaired) electrons. The van der Waals surface area contributed by atoms with Gasteiger partial charge >= 0.3 is 0 Å². The second-order valence-corrected chi connectivity index (χ2v) is 5.39. The van der Waals surface area contributed by atoms with Gasteiger partial charge in [-0.3, -0.25) is 0 Å². The molecule has 2 aromatic rings. The average molecular weight is 246 g/mol. The zero-order chi connectivity index (χ0) is 12.1. The minimum absolute atomic E-state index is 0.472. The molecule has 0 aliphatic heterocycles. The van der Waals surface area contributed by atoms with Crippen molar-refractivity contribution in [2.24, 2.45) is 0 Å². The van der Waals surface area contributed by atoms with E-state index >= 15 is 0 Å². The van der Waals surface area contributed by atoms with Crippen LogP contribution in [0.5, 0.6) is 0 Å².